The Bertz CT molecular complexity index is 1050. The Hall–Kier alpha value is -3.42. The van der Waals surface area contributed by atoms with Crippen molar-refractivity contribution in [3.8, 4) is 11.4 Å². The smallest absolute Gasteiger partial charge is 0.368 e. The minimum Gasteiger partial charge on any atom is -0.489 e. The van der Waals surface area contributed by atoms with Crippen LogP contribution in [0.2, 0.25) is 0 Å². The fraction of sp³-hybridized carbons (Fsp3) is 0.263. The van der Waals surface area contributed by atoms with E-state index in [-0.39, 0.29) is 12.3 Å². The number of methoxy groups -OCH3 is 1. The first kappa shape index (κ1) is 18.4. The molecule has 0 aliphatic carbocycles. The summed E-state index contributed by atoms with van der Waals surface area (Å²) in [4.78, 5) is 23.8. The zero-order valence-electron chi connectivity index (χ0n) is 15.6. The second-order valence-electron chi connectivity index (χ2n) is 6.13. The first-order valence-corrected chi connectivity index (χ1v) is 8.32. The SMILES string of the molecule is COC(=O)c1ccc(OCc2c(C)cccc2-n2nnn(C)c2=O)c(C)c1. The van der Waals surface area contributed by atoms with Crippen molar-refractivity contribution in [2.75, 3.05) is 7.11 Å². The molecule has 140 valence electrons. The van der Waals surface area contributed by atoms with E-state index in [2.05, 4.69) is 10.4 Å². The van der Waals surface area contributed by atoms with Crippen molar-refractivity contribution < 1.29 is 14.3 Å². The van der Waals surface area contributed by atoms with Gasteiger partial charge in [0.15, 0.2) is 0 Å². The Labute approximate surface area is 155 Å². The summed E-state index contributed by atoms with van der Waals surface area (Å²) in [6.45, 7) is 4.04. The average Bonchev–Trinajstić information content (AvgIpc) is 2.99. The summed E-state index contributed by atoms with van der Waals surface area (Å²) in [6.07, 6.45) is 0. The van der Waals surface area contributed by atoms with Gasteiger partial charge in [-0.15, -0.1) is 0 Å². The Balaban J connectivity index is 1.90. The van der Waals surface area contributed by atoms with Gasteiger partial charge < -0.3 is 9.47 Å². The topological polar surface area (TPSA) is 88.2 Å². The third kappa shape index (κ3) is 3.59. The Morgan fingerprint density at radius 3 is 2.52 bits per heavy atom. The van der Waals surface area contributed by atoms with E-state index in [0.717, 1.165) is 16.7 Å². The van der Waals surface area contributed by atoms with Crippen molar-refractivity contribution in [1.82, 2.24) is 19.8 Å². The molecule has 8 heteroatoms. The van der Waals surface area contributed by atoms with Gasteiger partial charge in [0.25, 0.3) is 0 Å². The number of hydrogen-bond donors (Lipinski definition) is 0. The normalized spacial score (nSPS) is 10.7. The predicted octanol–water partition coefficient (Wildman–Crippen LogP) is 1.95. The van der Waals surface area contributed by atoms with Crippen LogP contribution in [-0.2, 0) is 18.4 Å². The Kier molecular flexibility index (Phi) is 5.07. The maximum absolute atomic E-state index is 12.2. The standard InChI is InChI=1S/C19H20N4O4/c1-12-6-5-7-16(23-19(25)22(3)20-21-23)15(12)11-27-17-9-8-14(10-13(17)2)18(24)26-4/h5-10H,11H2,1-4H3. The molecule has 0 unspecified atom stereocenters. The van der Waals surface area contributed by atoms with E-state index >= 15 is 0 Å². The zero-order valence-corrected chi connectivity index (χ0v) is 15.6. The number of esters is 1. The van der Waals surface area contributed by atoms with E-state index in [1.54, 1.807) is 31.3 Å². The fourth-order valence-electron chi connectivity index (χ4n) is 2.74. The first-order chi connectivity index (χ1) is 12.9. The van der Waals surface area contributed by atoms with Crippen molar-refractivity contribution in [3.05, 3.63) is 69.1 Å². The van der Waals surface area contributed by atoms with Gasteiger partial charge in [-0.05, 0) is 59.7 Å². The molecule has 2 aromatic carbocycles. The van der Waals surface area contributed by atoms with Gasteiger partial charge in [-0.25, -0.2) is 9.59 Å². The maximum atomic E-state index is 12.2. The lowest BCUT2D eigenvalue weighted by atomic mass is 10.1. The molecule has 3 rings (SSSR count). The third-order valence-electron chi connectivity index (χ3n) is 4.30. The molecule has 0 fully saturated rings. The summed E-state index contributed by atoms with van der Waals surface area (Å²) in [7, 11) is 2.89. The molecule has 1 aromatic heterocycles. The van der Waals surface area contributed by atoms with E-state index in [1.807, 2.05) is 26.0 Å². The molecule has 0 saturated heterocycles. The number of nitrogens with zero attached hydrogens (tertiary/aromatic N) is 4. The van der Waals surface area contributed by atoms with Crippen molar-refractivity contribution in [2.24, 2.45) is 7.05 Å². The highest BCUT2D eigenvalue weighted by Gasteiger charge is 2.14. The maximum Gasteiger partial charge on any atom is 0.368 e. The quantitative estimate of drug-likeness (QED) is 0.640. The minimum atomic E-state index is -0.395. The summed E-state index contributed by atoms with van der Waals surface area (Å²) in [5, 5.41) is 7.67. The highest BCUT2D eigenvalue weighted by molar-refractivity contribution is 5.89. The number of tetrazole rings is 1. The summed E-state index contributed by atoms with van der Waals surface area (Å²) < 4.78 is 13.1. The summed E-state index contributed by atoms with van der Waals surface area (Å²) in [5.41, 5.74) is 3.36. The van der Waals surface area contributed by atoms with E-state index in [4.69, 9.17) is 9.47 Å². The second kappa shape index (κ2) is 7.45. The lowest BCUT2D eigenvalue weighted by Crippen LogP contribution is -2.23. The van der Waals surface area contributed by atoms with Crippen LogP contribution in [0.25, 0.3) is 5.69 Å². The number of carbonyl (C=O) groups is 1. The van der Waals surface area contributed by atoms with Gasteiger partial charge in [-0.3, -0.25) is 0 Å². The molecule has 0 bridgehead atoms. The minimum absolute atomic E-state index is 0.240. The van der Waals surface area contributed by atoms with E-state index in [1.165, 1.54) is 16.5 Å². The van der Waals surface area contributed by atoms with Gasteiger partial charge in [-0.1, -0.05) is 12.1 Å². The predicted molar refractivity (Wildman–Crippen MR) is 98.2 cm³/mol. The molecule has 0 N–H and O–H groups in total. The number of benzene rings is 2. The molecule has 8 nitrogen and oxygen atoms in total. The summed E-state index contributed by atoms with van der Waals surface area (Å²) >= 11 is 0. The first-order valence-electron chi connectivity index (χ1n) is 8.32. The number of rotatable bonds is 5. The van der Waals surface area contributed by atoms with Crippen LogP contribution < -0.4 is 10.4 Å². The Morgan fingerprint density at radius 2 is 1.89 bits per heavy atom. The molecule has 3 aromatic rings. The van der Waals surface area contributed by atoms with E-state index in [0.29, 0.717) is 17.0 Å². The number of carbonyl (C=O) groups excluding carboxylic acids is 1. The number of aromatic nitrogens is 4. The van der Waals surface area contributed by atoms with Gasteiger partial charge >= 0.3 is 11.7 Å². The van der Waals surface area contributed by atoms with Crippen LogP contribution in [0.3, 0.4) is 0 Å². The monoisotopic (exact) mass is 368 g/mol. The lowest BCUT2D eigenvalue weighted by molar-refractivity contribution is 0.0600. The molecule has 0 spiro atoms. The molecular formula is C19H20N4O4. The van der Waals surface area contributed by atoms with Gasteiger partial charge in [-0.2, -0.15) is 9.36 Å². The van der Waals surface area contributed by atoms with Crippen LogP contribution >= 0.6 is 0 Å². The van der Waals surface area contributed by atoms with Crippen LogP contribution in [0.5, 0.6) is 5.75 Å². The molecule has 0 radical (unpaired) electrons. The van der Waals surface area contributed by atoms with Gasteiger partial charge in [0, 0.05) is 12.6 Å². The number of ether oxygens (including phenoxy) is 2. The molecule has 0 aliphatic rings. The molecule has 1 heterocycles. The van der Waals surface area contributed by atoms with Crippen LogP contribution in [-0.4, -0.2) is 32.9 Å². The number of aryl methyl sites for hydroxylation is 3. The molecule has 0 amide bonds. The van der Waals surface area contributed by atoms with Crippen LogP contribution in [0.4, 0.5) is 0 Å². The van der Waals surface area contributed by atoms with Crippen LogP contribution in [0.15, 0.2) is 41.2 Å². The van der Waals surface area contributed by atoms with Crippen molar-refractivity contribution >= 4 is 5.97 Å². The zero-order chi connectivity index (χ0) is 19.6. The highest BCUT2D eigenvalue weighted by Crippen LogP contribution is 2.23. The van der Waals surface area contributed by atoms with Crippen molar-refractivity contribution in [3.63, 3.8) is 0 Å². The average molecular weight is 368 g/mol. The second-order valence-corrected chi connectivity index (χ2v) is 6.13. The summed E-state index contributed by atoms with van der Waals surface area (Å²) in [5.74, 6) is 0.246. The van der Waals surface area contributed by atoms with Crippen molar-refractivity contribution in [2.45, 2.75) is 20.5 Å². The van der Waals surface area contributed by atoms with Crippen molar-refractivity contribution in [1.29, 1.82) is 0 Å². The van der Waals surface area contributed by atoms with E-state index in [9.17, 15) is 9.59 Å². The molecule has 0 atom stereocenters. The van der Waals surface area contributed by atoms with Crippen LogP contribution in [0, 0.1) is 13.8 Å². The van der Waals surface area contributed by atoms with Crippen LogP contribution in [0.1, 0.15) is 27.0 Å². The molecule has 27 heavy (non-hydrogen) atoms. The lowest BCUT2D eigenvalue weighted by Gasteiger charge is -2.14. The molecular weight excluding hydrogens is 348 g/mol. The largest absolute Gasteiger partial charge is 0.489 e. The highest BCUT2D eigenvalue weighted by atomic mass is 16.5. The van der Waals surface area contributed by atoms with Gasteiger partial charge in [0.1, 0.15) is 12.4 Å². The summed E-state index contributed by atoms with van der Waals surface area (Å²) in [6, 6.07) is 10.7. The van der Waals surface area contributed by atoms with Gasteiger partial charge in [0.2, 0.25) is 0 Å². The third-order valence-corrected chi connectivity index (χ3v) is 4.30. The Morgan fingerprint density at radius 1 is 1.11 bits per heavy atom. The number of hydrogen-bond acceptors (Lipinski definition) is 6. The van der Waals surface area contributed by atoms with E-state index < -0.39 is 5.97 Å². The fourth-order valence-corrected chi connectivity index (χ4v) is 2.74. The molecule has 0 saturated carbocycles. The van der Waals surface area contributed by atoms with Gasteiger partial charge in [0.05, 0.1) is 18.4 Å². The molecule has 0 aliphatic heterocycles.